The van der Waals surface area contributed by atoms with Crippen LogP contribution in [0.2, 0.25) is 0 Å². The van der Waals surface area contributed by atoms with Gasteiger partial charge in [0.1, 0.15) is 12.3 Å². The molecule has 1 atom stereocenters. The van der Waals surface area contributed by atoms with Gasteiger partial charge in [0.25, 0.3) is 0 Å². The Hall–Kier alpha value is -5.37. The summed E-state index contributed by atoms with van der Waals surface area (Å²) in [7, 11) is -4.26. The van der Waals surface area contributed by atoms with E-state index in [4.69, 9.17) is 4.74 Å². The number of halogens is 4. The SMILES string of the molecule is CCCCn1/c(=C/C=C2\CC(C)CC(/C=C/C3=[N+](CCCC)c4cccc5cccc3c45)=C2c2ccc(OC)cc2)c2cccc3cccc1c32.F[B-](F)(F)F. The van der Waals surface area contributed by atoms with Crippen LogP contribution in [0.5, 0.6) is 5.75 Å². The lowest BCUT2D eigenvalue weighted by Crippen LogP contribution is -2.16. The molecule has 0 bridgehead atoms. The minimum Gasteiger partial charge on any atom is -0.497 e. The van der Waals surface area contributed by atoms with Gasteiger partial charge in [-0.3, -0.25) is 0 Å². The molecule has 1 unspecified atom stereocenters. The van der Waals surface area contributed by atoms with Crippen LogP contribution in [0.25, 0.3) is 44.1 Å². The van der Waals surface area contributed by atoms with E-state index in [1.807, 2.05) is 0 Å². The first-order chi connectivity index (χ1) is 27.1. The number of hydrogen-bond donors (Lipinski definition) is 0. The van der Waals surface area contributed by atoms with Crippen molar-refractivity contribution in [3.05, 3.63) is 143 Å². The Balaban J connectivity index is 0.000000905. The van der Waals surface area contributed by atoms with E-state index in [9.17, 15) is 17.3 Å². The Morgan fingerprint density at radius 2 is 1.43 bits per heavy atom. The number of unbranched alkanes of at least 4 members (excludes halogenated alkanes) is 2. The van der Waals surface area contributed by atoms with Crippen molar-refractivity contribution in [2.45, 2.75) is 65.8 Å². The summed E-state index contributed by atoms with van der Waals surface area (Å²) < 4.78 is 49.7. The molecule has 3 nitrogen and oxygen atoms in total. The van der Waals surface area contributed by atoms with Crippen LogP contribution in [-0.2, 0) is 6.54 Å². The average molecular weight is 757 g/mol. The van der Waals surface area contributed by atoms with Crippen LogP contribution in [0.4, 0.5) is 23.0 Å². The number of nitrogens with zero attached hydrogens (tertiary/aromatic N) is 2. The van der Waals surface area contributed by atoms with E-state index in [0.717, 1.165) is 44.5 Å². The maximum absolute atomic E-state index is 9.75. The van der Waals surface area contributed by atoms with Crippen LogP contribution in [0.15, 0.2) is 126 Å². The second-order valence-electron chi connectivity index (χ2n) is 15.0. The molecule has 5 aromatic carbocycles. The molecule has 1 aliphatic heterocycles. The minimum atomic E-state index is -6.00. The molecule has 0 spiro atoms. The molecule has 1 aliphatic carbocycles. The number of benzene rings is 5. The van der Waals surface area contributed by atoms with Crippen molar-refractivity contribution >= 4 is 62.8 Å². The lowest BCUT2D eigenvalue weighted by Gasteiger charge is -2.27. The Morgan fingerprint density at radius 1 is 0.768 bits per heavy atom. The lowest BCUT2D eigenvalue weighted by molar-refractivity contribution is -0.436. The standard InChI is InChI=1S/C48H49N2O.BF4/c1-5-7-29-49-42(40-17-9-13-34-15-11-19-44(49)47(34)40)27-23-37-31-33(3)32-38(46(37)36-21-25-39(51-4)26-22-36)24-28-43-41-18-10-14-35-16-12-20-45(48(35)41)50(43)30-8-6-2;2-1(3,4)5/h9-28,33H,5-8,29-32H2,1-4H3;/q+1;-1. The molecule has 56 heavy (non-hydrogen) atoms. The lowest BCUT2D eigenvalue weighted by atomic mass is 9.78. The van der Waals surface area contributed by atoms with Gasteiger partial charge in [0, 0.05) is 46.7 Å². The highest BCUT2D eigenvalue weighted by molar-refractivity contribution is 6.50. The molecule has 0 N–H and O–H groups in total. The Kier molecular flexibility index (Phi) is 11.7. The number of aromatic nitrogens is 1. The summed E-state index contributed by atoms with van der Waals surface area (Å²) in [5.74, 6) is 1.41. The summed E-state index contributed by atoms with van der Waals surface area (Å²) in [6.45, 7) is 9.02. The summed E-state index contributed by atoms with van der Waals surface area (Å²) in [4.78, 5) is 0. The zero-order chi connectivity index (χ0) is 39.4. The minimum absolute atomic E-state index is 0.530. The van der Waals surface area contributed by atoms with Crippen LogP contribution < -0.4 is 10.1 Å². The fraction of sp³-hybridized carbons (Fsp3) is 0.271. The molecule has 8 rings (SSSR count). The molecular weight excluding hydrogens is 707 g/mol. The summed E-state index contributed by atoms with van der Waals surface area (Å²) in [6, 6.07) is 35.7. The summed E-state index contributed by atoms with van der Waals surface area (Å²) in [5, 5.41) is 8.04. The van der Waals surface area contributed by atoms with Crippen molar-refractivity contribution in [1.29, 1.82) is 0 Å². The normalized spacial score (nSPS) is 17.0. The summed E-state index contributed by atoms with van der Waals surface area (Å²) in [5.41, 5.74) is 10.7. The van der Waals surface area contributed by atoms with E-state index >= 15 is 0 Å². The zero-order valence-corrected chi connectivity index (χ0v) is 32.7. The monoisotopic (exact) mass is 756 g/mol. The highest BCUT2D eigenvalue weighted by Gasteiger charge is 2.30. The smallest absolute Gasteiger partial charge is 0.497 e. The molecule has 0 fully saturated rings. The first-order valence-corrected chi connectivity index (χ1v) is 19.9. The second kappa shape index (κ2) is 16.8. The van der Waals surface area contributed by atoms with E-state index in [1.54, 1.807) is 7.11 Å². The highest BCUT2D eigenvalue weighted by Crippen LogP contribution is 2.42. The van der Waals surface area contributed by atoms with Gasteiger partial charge in [0.05, 0.1) is 18.1 Å². The summed E-state index contributed by atoms with van der Waals surface area (Å²) >= 11 is 0. The Bertz CT molecular complexity index is 2540. The van der Waals surface area contributed by atoms with Crippen molar-refractivity contribution in [1.82, 2.24) is 4.57 Å². The van der Waals surface area contributed by atoms with Crippen molar-refractivity contribution in [3.63, 3.8) is 0 Å². The van der Waals surface area contributed by atoms with Gasteiger partial charge >= 0.3 is 7.25 Å². The largest absolute Gasteiger partial charge is 0.673 e. The van der Waals surface area contributed by atoms with Crippen LogP contribution in [0, 0.1) is 5.92 Å². The van der Waals surface area contributed by atoms with Gasteiger partial charge < -0.3 is 26.6 Å². The second-order valence-corrected chi connectivity index (χ2v) is 15.0. The number of methoxy groups -OCH3 is 1. The fourth-order valence-corrected chi connectivity index (χ4v) is 8.57. The third kappa shape index (κ3) is 8.11. The molecule has 6 aromatic rings. The highest BCUT2D eigenvalue weighted by atomic mass is 19.5. The molecule has 288 valence electrons. The van der Waals surface area contributed by atoms with Crippen LogP contribution in [0.3, 0.4) is 0 Å². The van der Waals surface area contributed by atoms with Gasteiger partial charge in [0.2, 0.25) is 11.4 Å². The van der Waals surface area contributed by atoms with Gasteiger partial charge in [-0.25, -0.2) is 0 Å². The van der Waals surface area contributed by atoms with E-state index < -0.39 is 7.25 Å². The predicted molar refractivity (Wildman–Crippen MR) is 228 cm³/mol. The van der Waals surface area contributed by atoms with Crippen molar-refractivity contribution in [3.8, 4) is 5.75 Å². The van der Waals surface area contributed by atoms with E-state index in [0.29, 0.717) is 5.92 Å². The predicted octanol–water partition coefficient (Wildman–Crippen LogP) is 12.9. The number of ether oxygens (including phenoxy) is 1. The summed E-state index contributed by atoms with van der Waals surface area (Å²) in [6.07, 6.45) is 16.4. The molecule has 0 amide bonds. The molecule has 8 heteroatoms. The third-order valence-corrected chi connectivity index (χ3v) is 11.0. The molecule has 0 saturated heterocycles. The van der Waals surface area contributed by atoms with Crippen LogP contribution in [-0.4, -0.2) is 35.8 Å². The molecule has 0 radical (unpaired) electrons. The number of allylic oxidation sites excluding steroid dienone is 6. The Morgan fingerprint density at radius 3 is 2.12 bits per heavy atom. The first kappa shape index (κ1) is 38.9. The van der Waals surface area contributed by atoms with Crippen molar-refractivity contribution in [2.75, 3.05) is 13.7 Å². The quantitative estimate of drug-likeness (QED) is 0.0731. The number of aryl methyl sites for hydroxylation is 1. The van der Waals surface area contributed by atoms with Crippen molar-refractivity contribution in [2.24, 2.45) is 5.92 Å². The average Bonchev–Trinajstić information content (AvgIpc) is 3.66. The topological polar surface area (TPSA) is 17.2 Å². The number of rotatable bonds is 11. The van der Waals surface area contributed by atoms with Gasteiger partial charge in [-0.2, -0.15) is 4.58 Å². The van der Waals surface area contributed by atoms with E-state index in [2.05, 4.69) is 151 Å². The molecule has 0 saturated carbocycles. The van der Waals surface area contributed by atoms with E-state index in [1.165, 1.54) is 89.9 Å². The maximum atomic E-state index is 9.75. The van der Waals surface area contributed by atoms with Gasteiger partial charge in [-0.15, -0.1) is 0 Å². The molecular formula is C48H49BF4N2O. The molecule has 2 heterocycles. The first-order valence-electron chi connectivity index (χ1n) is 19.9. The Labute approximate surface area is 327 Å². The van der Waals surface area contributed by atoms with Crippen molar-refractivity contribution < 1.29 is 26.6 Å². The van der Waals surface area contributed by atoms with Gasteiger partial charge in [-0.05, 0) is 88.6 Å². The van der Waals surface area contributed by atoms with Gasteiger partial charge in [-0.1, -0.05) is 112 Å². The molecule has 2 aliphatic rings. The van der Waals surface area contributed by atoms with Crippen LogP contribution >= 0.6 is 0 Å². The third-order valence-electron chi connectivity index (χ3n) is 11.0. The van der Waals surface area contributed by atoms with Crippen LogP contribution in [0.1, 0.15) is 70.4 Å². The molecule has 1 aromatic heterocycles. The van der Waals surface area contributed by atoms with E-state index in [-0.39, 0.29) is 0 Å². The zero-order valence-electron chi connectivity index (χ0n) is 32.7. The maximum Gasteiger partial charge on any atom is 0.673 e. The number of hydrogen-bond acceptors (Lipinski definition) is 1. The fourth-order valence-electron chi connectivity index (χ4n) is 8.57. The van der Waals surface area contributed by atoms with Gasteiger partial charge in [0.15, 0.2) is 0 Å².